The first kappa shape index (κ1) is 25.6. The van der Waals surface area contributed by atoms with Crippen molar-refractivity contribution in [2.75, 3.05) is 5.75 Å². The number of fused-ring (bicyclic) bond motifs is 5. The van der Waals surface area contributed by atoms with Crippen molar-refractivity contribution in [2.24, 2.45) is 28.6 Å². The molecule has 0 saturated heterocycles. The number of aliphatic hydroxyl groups is 1. The number of ketones is 2. The minimum absolute atomic E-state index is 0.000237. The molecule has 0 amide bonds. The first-order valence-electron chi connectivity index (χ1n) is 12.6. The molecule has 1 N–H and O–H groups in total. The summed E-state index contributed by atoms with van der Waals surface area (Å²) in [4.78, 5) is 38.4. The predicted molar refractivity (Wildman–Crippen MR) is 130 cm³/mol. The maximum Gasteiger partial charge on any atom is 0.306 e. The summed E-state index contributed by atoms with van der Waals surface area (Å²) in [5.74, 6) is -2.07. The maximum absolute atomic E-state index is 17.3. The van der Waals surface area contributed by atoms with Gasteiger partial charge in [0, 0.05) is 29.1 Å². The second kappa shape index (κ2) is 8.58. The summed E-state index contributed by atoms with van der Waals surface area (Å²) in [6, 6.07) is 0. The number of unbranched alkanes of at least 4 members (excludes halogenated alkanes) is 1. The number of carbonyl (C=O) groups is 3. The molecule has 188 valence electrons. The first-order valence-corrected chi connectivity index (χ1v) is 13.2. The Balaban J connectivity index is 1.80. The molecule has 4 aliphatic carbocycles. The molecule has 5 nitrogen and oxygen atoms in total. The lowest BCUT2D eigenvalue weighted by atomic mass is 9.44. The summed E-state index contributed by atoms with van der Waals surface area (Å²) in [6.07, 6.45) is 6.42. The van der Waals surface area contributed by atoms with Crippen LogP contribution in [0.25, 0.3) is 0 Å². The molecule has 0 aromatic rings. The summed E-state index contributed by atoms with van der Waals surface area (Å²) >= 11 is 4.26. The van der Waals surface area contributed by atoms with Crippen molar-refractivity contribution in [3.05, 3.63) is 23.8 Å². The van der Waals surface area contributed by atoms with Crippen molar-refractivity contribution < 1.29 is 28.6 Å². The van der Waals surface area contributed by atoms with Crippen LogP contribution in [0.4, 0.5) is 4.39 Å². The Morgan fingerprint density at radius 3 is 2.65 bits per heavy atom. The van der Waals surface area contributed by atoms with E-state index in [1.807, 2.05) is 20.8 Å². The van der Waals surface area contributed by atoms with Crippen LogP contribution in [-0.4, -0.2) is 45.8 Å². The Bertz CT molecular complexity index is 961. The third-order valence-electron chi connectivity index (χ3n) is 9.75. The van der Waals surface area contributed by atoms with E-state index < -0.39 is 40.1 Å². The zero-order chi connectivity index (χ0) is 25.1. The highest BCUT2D eigenvalue weighted by atomic mass is 32.1. The topological polar surface area (TPSA) is 80.7 Å². The van der Waals surface area contributed by atoms with E-state index in [1.165, 1.54) is 12.2 Å². The van der Waals surface area contributed by atoms with Gasteiger partial charge in [0.05, 0.1) is 11.9 Å². The number of hydrogen-bond donors (Lipinski definition) is 2. The number of ether oxygens (including phenoxy) is 1. The zero-order valence-corrected chi connectivity index (χ0v) is 21.5. The molecule has 0 bridgehead atoms. The van der Waals surface area contributed by atoms with Gasteiger partial charge in [0.25, 0.3) is 0 Å². The fourth-order valence-electron chi connectivity index (χ4n) is 8.07. The largest absolute Gasteiger partial charge is 0.450 e. The third kappa shape index (κ3) is 3.18. The van der Waals surface area contributed by atoms with Crippen molar-refractivity contribution in [3.8, 4) is 0 Å². The Kier molecular flexibility index (Phi) is 6.46. The first-order chi connectivity index (χ1) is 15.9. The van der Waals surface area contributed by atoms with Crippen molar-refractivity contribution >= 4 is 30.2 Å². The monoisotopic (exact) mass is 492 g/mol. The molecule has 0 aromatic heterocycles. The van der Waals surface area contributed by atoms with E-state index in [4.69, 9.17) is 4.74 Å². The normalized spacial score (nSPS) is 45.1. The van der Waals surface area contributed by atoms with Gasteiger partial charge in [0.1, 0.15) is 0 Å². The van der Waals surface area contributed by atoms with Gasteiger partial charge in [-0.25, -0.2) is 4.39 Å². The lowest BCUT2D eigenvalue weighted by Crippen LogP contribution is -2.70. The van der Waals surface area contributed by atoms with Crippen molar-refractivity contribution in [1.82, 2.24) is 0 Å². The highest BCUT2D eigenvalue weighted by Crippen LogP contribution is 2.71. The quantitative estimate of drug-likeness (QED) is 0.419. The highest BCUT2D eigenvalue weighted by molar-refractivity contribution is 7.81. The summed E-state index contributed by atoms with van der Waals surface area (Å²) in [7, 11) is 0. The van der Waals surface area contributed by atoms with Gasteiger partial charge in [0.2, 0.25) is 0 Å². The third-order valence-corrected chi connectivity index (χ3v) is 10.0. The molecule has 1 unspecified atom stereocenters. The number of hydrogen-bond acceptors (Lipinski definition) is 6. The standard InChI is InChI=1S/C27H37FO5S/c1-5-6-7-23(32)33-27(22(31)15-34)16(2)12-20-19-9-8-17-13-18(29)10-11-24(17,3)26(19,28)21(30)14-25(20,27)4/h10-11,13,16,19-21,30,34H,5-9,12,14-15H2,1-4H3/t16-,19-,20-,21-,24-,25-,26?,27-/m0/s1. The zero-order valence-electron chi connectivity index (χ0n) is 20.6. The van der Waals surface area contributed by atoms with E-state index in [0.29, 0.717) is 25.7 Å². The minimum atomic E-state index is -1.98. The fourth-order valence-corrected chi connectivity index (χ4v) is 8.30. The molecule has 0 radical (unpaired) electrons. The van der Waals surface area contributed by atoms with E-state index in [9.17, 15) is 19.5 Å². The van der Waals surface area contributed by atoms with Crippen LogP contribution in [0.3, 0.4) is 0 Å². The summed E-state index contributed by atoms with van der Waals surface area (Å²) < 4.78 is 23.4. The van der Waals surface area contributed by atoms with E-state index in [2.05, 4.69) is 12.6 Å². The number of esters is 1. The molecule has 4 rings (SSSR count). The van der Waals surface area contributed by atoms with Crippen molar-refractivity contribution in [2.45, 2.75) is 90.0 Å². The molecule has 0 spiro atoms. The lowest BCUT2D eigenvalue weighted by molar-refractivity contribution is -0.227. The Morgan fingerprint density at radius 1 is 1.29 bits per heavy atom. The van der Waals surface area contributed by atoms with Gasteiger partial charge < -0.3 is 9.84 Å². The van der Waals surface area contributed by atoms with E-state index in [-0.39, 0.29) is 42.0 Å². The lowest BCUT2D eigenvalue weighted by Gasteiger charge is -2.62. The molecule has 34 heavy (non-hydrogen) atoms. The van der Waals surface area contributed by atoms with Crippen LogP contribution in [0, 0.1) is 28.6 Å². The van der Waals surface area contributed by atoms with Crippen LogP contribution < -0.4 is 0 Å². The number of alkyl halides is 1. The number of rotatable bonds is 6. The molecule has 4 aliphatic rings. The number of thiol groups is 1. The molecule has 3 saturated carbocycles. The smallest absolute Gasteiger partial charge is 0.306 e. The average molecular weight is 493 g/mol. The average Bonchev–Trinajstić information content (AvgIpc) is 3.00. The fraction of sp³-hybridized carbons (Fsp3) is 0.741. The molecule has 7 heteroatoms. The maximum atomic E-state index is 17.3. The number of aliphatic hydroxyl groups excluding tert-OH is 1. The molecule has 8 atom stereocenters. The number of carbonyl (C=O) groups excluding carboxylic acids is 3. The molecule has 0 aliphatic heterocycles. The van der Waals surface area contributed by atoms with Crippen molar-refractivity contribution in [1.29, 1.82) is 0 Å². The van der Waals surface area contributed by atoms with Gasteiger partial charge in [-0.2, -0.15) is 12.6 Å². The summed E-state index contributed by atoms with van der Waals surface area (Å²) in [6.45, 7) is 7.55. The van der Waals surface area contributed by atoms with Crippen LogP contribution in [0.1, 0.15) is 72.6 Å². The van der Waals surface area contributed by atoms with Crippen LogP contribution in [0.15, 0.2) is 23.8 Å². The number of Topliss-reactive ketones (excluding diaryl/α,β-unsaturated/α-hetero) is 1. The molecule has 3 fully saturated rings. The Hall–Kier alpha value is -1.47. The van der Waals surface area contributed by atoms with Gasteiger partial charge in [0.15, 0.2) is 22.8 Å². The summed E-state index contributed by atoms with van der Waals surface area (Å²) in [5, 5.41) is 11.5. The van der Waals surface area contributed by atoms with Crippen LogP contribution in [0.2, 0.25) is 0 Å². The highest BCUT2D eigenvalue weighted by Gasteiger charge is 2.77. The molecule has 0 heterocycles. The van der Waals surface area contributed by atoms with Crippen LogP contribution in [0.5, 0.6) is 0 Å². The van der Waals surface area contributed by atoms with E-state index in [0.717, 1.165) is 12.0 Å². The minimum Gasteiger partial charge on any atom is -0.450 e. The van der Waals surface area contributed by atoms with Gasteiger partial charge in [-0.1, -0.05) is 38.8 Å². The Morgan fingerprint density at radius 2 is 2.00 bits per heavy atom. The van der Waals surface area contributed by atoms with Crippen LogP contribution >= 0.6 is 12.6 Å². The Labute approximate surface area is 207 Å². The van der Waals surface area contributed by atoms with Gasteiger partial charge >= 0.3 is 5.97 Å². The second-order valence-electron chi connectivity index (χ2n) is 11.3. The molecular weight excluding hydrogens is 455 g/mol. The van der Waals surface area contributed by atoms with Gasteiger partial charge in [-0.15, -0.1) is 0 Å². The second-order valence-corrected chi connectivity index (χ2v) is 11.6. The summed E-state index contributed by atoms with van der Waals surface area (Å²) in [5.41, 5.74) is -4.72. The van der Waals surface area contributed by atoms with Gasteiger partial charge in [-0.3, -0.25) is 14.4 Å². The number of halogens is 1. The van der Waals surface area contributed by atoms with E-state index >= 15 is 4.39 Å². The number of allylic oxidation sites excluding steroid dienone is 4. The molecular formula is C27H37FO5S. The SMILES string of the molecule is CCCCC(=O)O[C@]1(C(=O)CS)[C@@H](C)C[C@H]2[C@@H]3CCC4=CC(=O)C=C[C@]4(C)C3(F)[C@@H](O)C[C@@]21C. The van der Waals surface area contributed by atoms with Crippen LogP contribution in [-0.2, 0) is 19.1 Å². The van der Waals surface area contributed by atoms with Crippen molar-refractivity contribution in [3.63, 3.8) is 0 Å². The van der Waals surface area contributed by atoms with E-state index in [1.54, 1.807) is 13.0 Å². The van der Waals surface area contributed by atoms with Gasteiger partial charge in [-0.05, 0) is 57.1 Å². The molecule has 0 aromatic carbocycles. The predicted octanol–water partition coefficient (Wildman–Crippen LogP) is 4.57.